The molecule has 0 saturated carbocycles. The summed E-state index contributed by atoms with van der Waals surface area (Å²) < 4.78 is 41.5. The lowest BCUT2D eigenvalue weighted by Gasteiger charge is -2.42. The minimum Gasteiger partial charge on any atom is -0.508 e. The molecule has 0 aliphatic carbocycles. The van der Waals surface area contributed by atoms with Crippen LogP contribution in [0, 0.1) is 24.6 Å². The number of anilines is 1. The summed E-state index contributed by atoms with van der Waals surface area (Å²) in [4.78, 5) is 69.2. The van der Waals surface area contributed by atoms with Crippen LogP contribution >= 0.6 is 11.3 Å². The predicted molar refractivity (Wildman–Crippen MR) is 318 cm³/mol. The maximum atomic E-state index is 17.4. The van der Waals surface area contributed by atoms with E-state index in [4.69, 9.17) is 33.7 Å². The first-order valence-electron chi connectivity index (χ1n) is 29.4. The van der Waals surface area contributed by atoms with E-state index in [-0.39, 0.29) is 96.3 Å². The van der Waals surface area contributed by atoms with E-state index < -0.39 is 29.5 Å². The van der Waals surface area contributed by atoms with Crippen LogP contribution in [0.2, 0.25) is 0 Å². The number of carbonyl (C=O) groups excluding carboxylic acids is 3. The number of likely N-dealkylation sites (tertiary alicyclic amines) is 2. The molecule has 4 fully saturated rings. The number of phenols is 1. The van der Waals surface area contributed by atoms with E-state index in [2.05, 4.69) is 25.3 Å². The van der Waals surface area contributed by atoms with E-state index in [9.17, 15) is 24.6 Å². The van der Waals surface area contributed by atoms with E-state index in [0.29, 0.717) is 55.2 Å². The molecule has 7 aromatic rings. The Hall–Kier alpha value is -7.49. The van der Waals surface area contributed by atoms with E-state index >= 15 is 4.39 Å². The number of aromatic nitrogens is 5. The maximum absolute atomic E-state index is 17.4. The van der Waals surface area contributed by atoms with Crippen LogP contribution in [0.1, 0.15) is 115 Å². The van der Waals surface area contributed by atoms with Gasteiger partial charge in [0.05, 0.1) is 52.3 Å². The predicted octanol–water partition coefficient (Wildman–Crippen LogP) is 10.0. The van der Waals surface area contributed by atoms with E-state index in [1.807, 2.05) is 108 Å². The Morgan fingerprint density at radius 3 is 2.38 bits per heavy atom. The number of piperazine rings is 1. The molecule has 0 radical (unpaired) electrons. The first-order chi connectivity index (χ1) is 40.3. The average Bonchev–Trinajstić information content (AvgIpc) is 2.59. The largest absolute Gasteiger partial charge is 0.508 e. The number of aliphatic hydroxyl groups excluding tert-OH is 1. The standard InChI is InChI=1S/C63H75FN10O9S/c1-9-39-11-10-12-42-25-45(75)26-47(53(39)42)55-54(64)56-48(29-65-55)58(72-30-43-17-18-44(31-72)74(43)62(79)82-63(6,7)8)69-61(68-56)80-24-23-71-21-19-38(20-22-71)33-81-51-28-50(83-70-51)52(35(2)3)60(78)73-32-46(76)27-49(73)59(77)67-36(4)40-13-15-41(16-14-40)57-37(5)66-34-84-57/h10-16,25-26,28-29,34-36,38,43-44,46,49,52,75-76H,9,17-24,27,30-33H2,1-8H3,(H,67,77)/t36-,43?,44?,46+,49-,52-/m0/s1. The van der Waals surface area contributed by atoms with Crippen molar-refractivity contribution in [3.8, 4) is 39.3 Å². The van der Waals surface area contributed by atoms with Crippen molar-refractivity contribution in [3.63, 3.8) is 0 Å². The van der Waals surface area contributed by atoms with Gasteiger partial charge in [-0.3, -0.25) is 24.4 Å². The molecule has 3 N–H and O–H groups in total. The Bertz CT molecular complexity index is 3530. The summed E-state index contributed by atoms with van der Waals surface area (Å²) in [7, 11) is 0. The highest BCUT2D eigenvalue weighted by Crippen LogP contribution is 2.41. The number of β-amino-alcohol motifs (C(OH)–C–C–N with tert-alkyl or cyclic N) is 1. The topological polar surface area (TPSA) is 222 Å². The number of hydrogen-bond donors (Lipinski definition) is 3. The molecule has 4 aliphatic heterocycles. The van der Waals surface area contributed by atoms with Crippen molar-refractivity contribution in [1.29, 1.82) is 0 Å². The molecule has 2 unspecified atom stereocenters. The summed E-state index contributed by atoms with van der Waals surface area (Å²) in [5.74, 6) is -1.01. The highest BCUT2D eigenvalue weighted by atomic mass is 32.1. The molecule has 3 aromatic carbocycles. The van der Waals surface area contributed by atoms with Crippen molar-refractivity contribution in [3.05, 3.63) is 101 Å². The number of benzene rings is 3. The molecular weight excluding hydrogens is 1090 g/mol. The number of halogens is 1. The Kier molecular flexibility index (Phi) is 16.8. The zero-order chi connectivity index (χ0) is 59.1. The van der Waals surface area contributed by atoms with E-state index in [1.54, 1.807) is 35.7 Å². The number of hydrogen-bond acceptors (Lipinski definition) is 17. The van der Waals surface area contributed by atoms with Crippen LogP contribution < -0.4 is 19.7 Å². The number of ether oxygens (including phenoxy) is 3. The number of aliphatic hydroxyl groups is 1. The molecule has 0 spiro atoms. The van der Waals surface area contributed by atoms with Crippen molar-refractivity contribution >= 4 is 56.7 Å². The molecule has 444 valence electrons. The summed E-state index contributed by atoms with van der Waals surface area (Å²) in [6.45, 7) is 19.0. The fraction of sp³-hybridized carbons (Fsp3) is 0.492. The van der Waals surface area contributed by atoms with Gasteiger partial charge in [-0.1, -0.05) is 63.2 Å². The van der Waals surface area contributed by atoms with E-state index in [1.165, 1.54) is 4.90 Å². The third-order valence-electron chi connectivity index (χ3n) is 16.9. The van der Waals surface area contributed by atoms with Crippen LogP contribution in [0.4, 0.5) is 15.0 Å². The maximum Gasteiger partial charge on any atom is 0.410 e. The van der Waals surface area contributed by atoms with Crippen LogP contribution in [0.5, 0.6) is 17.6 Å². The second kappa shape index (κ2) is 24.2. The van der Waals surface area contributed by atoms with Crippen LogP contribution in [0.15, 0.2) is 76.9 Å². The lowest BCUT2D eigenvalue weighted by molar-refractivity contribution is -0.141. The summed E-state index contributed by atoms with van der Waals surface area (Å²) in [5.41, 5.74) is 5.67. The van der Waals surface area contributed by atoms with Gasteiger partial charge in [0.25, 0.3) is 5.88 Å². The number of nitrogens with zero attached hydrogens (tertiary/aromatic N) is 9. The summed E-state index contributed by atoms with van der Waals surface area (Å²) in [5, 5.41) is 30.9. The Labute approximate surface area is 492 Å². The van der Waals surface area contributed by atoms with Gasteiger partial charge in [-0.25, -0.2) is 14.2 Å². The van der Waals surface area contributed by atoms with Crippen LogP contribution in [-0.4, -0.2) is 150 Å². The molecule has 84 heavy (non-hydrogen) atoms. The second-order valence-corrected chi connectivity index (χ2v) is 25.2. The summed E-state index contributed by atoms with van der Waals surface area (Å²) in [6, 6.07) is 17.2. The molecule has 4 saturated heterocycles. The Balaban J connectivity index is 0.719. The summed E-state index contributed by atoms with van der Waals surface area (Å²) in [6.07, 6.45) is 4.49. The number of rotatable bonds is 17. The average molecular weight is 1170 g/mol. The SMILES string of the molecule is CCc1cccc2cc(O)cc(-c3ncc4c(N5CC6CCC(C5)N6C(=O)OC(C)(C)C)nc(OCCN5CCC(COc6cc([C@@H](C(=O)N7C[C@H](O)C[C@H]7C(=O)N[C@@H](C)c7ccc(-c8scnc8C)cc7)C(C)C)on6)CC5)nc4c3F)c12. The second-order valence-electron chi connectivity index (χ2n) is 24.3. The lowest BCUT2D eigenvalue weighted by Crippen LogP contribution is -2.57. The number of fused-ring (bicyclic) bond motifs is 4. The van der Waals surface area contributed by atoms with Gasteiger partial charge in [0.1, 0.15) is 46.9 Å². The first-order valence-corrected chi connectivity index (χ1v) is 30.3. The molecular formula is C63H75FN10O9S. The van der Waals surface area contributed by atoms with E-state index in [0.717, 1.165) is 76.8 Å². The number of nitrogens with one attached hydrogen (secondary N) is 1. The molecule has 4 aromatic heterocycles. The highest BCUT2D eigenvalue weighted by molar-refractivity contribution is 7.13. The summed E-state index contributed by atoms with van der Waals surface area (Å²) >= 11 is 1.58. The number of pyridine rings is 1. The first kappa shape index (κ1) is 58.3. The molecule has 6 atom stereocenters. The zero-order valence-electron chi connectivity index (χ0n) is 49.0. The molecule has 8 heterocycles. The molecule has 4 aliphatic rings. The van der Waals surface area contributed by atoms with Gasteiger partial charge in [0.15, 0.2) is 11.6 Å². The molecule has 2 bridgehead atoms. The normalized spacial score (nSPS) is 20.2. The smallest absolute Gasteiger partial charge is 0.410 e. The number of thiazole rings is 1. The van der Waals surface area contributed by atoms with Gasteiger partial charge >= 0.3 is 12.1 Å². The molecule has 3 amide bonds. The van der Waals surface area contributed by atoms with Gasteiger partial charge in [-0.05, 0) is 136 Å². The highest BCUT2D eigenvalue weighted by Gasteiger charge is 2.46. The number of aromatic hydroxyl groups is 1. The monoisotopic (exact) mass is 1170 g/mol. The van der Waals surface area contributed by atoms with Crippen LogP contribution in [-0.2, 0) is 20.7 Å². The lowest BCUT2D eigenvalue weighted by atomic mass is 9.91. The third kappa shape index (κ3) is 12.2. The van der Waals surface area contributed by atoms with Gasteiger partial charge in [-0.15, -0.1) is 11.3 Å². The minimum atomic E-state index is -0.864. The number of phenolic OH excluding ortho intramolecular Hbond substituents is 1. The Morgan fingerprint density at radius 2 is 1.69 bits per heavy atom. The molecule has 11 rings (SSSR count). The fourth-order valence-electron chi connectivity index (χ4n) is 12.6. The van der Waals surface area contributed by atoms with Crippen LogP contribution in [0.3, 0.4) is 0 Å². The Morgan fingerprint density at radius 1 is 0.940 bits per heavy atom. The van der Waals surface area contributed by atoms with Crippen molar-refractivity contribution in [2.24, 2.45) is 11.8 Å². The fourth-order valence-corrected chi connectivity index (χ4v) is 13.4. The third-order valence-corrected chi connectivity index (χ3v) is 17.9. The number of piperidine rings is 1. The number of aryl methyl sites for hydroxylation is 2. The van der Waals surface area contributed by atoms with Gasteiger partial charge in [0.2, 0.25) is 11.8 Å². The van der Waals surface area contributed by atoms with Gasteiger partial charge < -0.3 is 44.1 Å². The van der Waals surface area contributed by atoms with Crippen molar-refractivity contribution in [2.75, 3.05) is 57.4 Å². The van der Waals surface area contributed by atoms with Crippen molar-refractivity contribution < 1.29 is 47.7 Å². The molecule has 19 nitrogen and oxygen atoms in total. The van der Waals surface area contributed by atoms with Gasteiger partial charge in [-0.2, -0.15) is 9.97 Å². The number of carbonyl (C=O) groups is 3. The molecule has 21 heteroatoms. The van der Waals surface area contributed by atoms with Crippen LogP contribution in [0.25, 0.3) is 43.4 Å². The quantitative estimate of drug-likeness (QED) is 0.0772. The number of amides is 3. The van der Waals surface area contributed by atoms with Crippen molar-refractivity contribution in [1.82, 2.24) is 45.1 Å². The van der Waals surface area contributed by atoms with Gasteiger partial charge in [0, 0.05) is 50.4 Å². The van der Waals surface area contributed by atoms with Crippen molar-refractivity contribution in [2.45, 2.75) is 136 Å². The zero-order valence-corrected chi connectivity index (χ0v) is 49.8. The minimum absolute atomic E-state index is 0.00443.